The molecule has 0 heterocycles. The van der Waals surface area contributed by atoms with Crippen LogP contribution in [0.3, 0.4) is 0 Å². The molecule has 0 spiro atoms. The predicted molar refractivity (Wildman–Crippen MR) is 75.4 cm³/mol. The molecular formula is C14H30N2O2. The predicted octanol–water partition coefficient (Wildman–Crippen LogP) is 1.54. The van der Waals surface area contributed by atoms with E-state index in [1.165, 1.54) is 0 Å². The van der Waals surface area contributed by atoms with Crippen molar-refractivity contribution in [1.82, 2.24) is 10.6 Å². The Morgan fingerprint density at radius 2 is 1.67 bits per heavy atom. The third kappa shape index (κ3) is 8.48. The van der Waals surface area contributed by atoms with Gasteiger partial charge >= 0.3 is 0 Å². The first-order valence-corrected chi connectivity index (χ1v) is 7.11. The molecule has 1 amide bonds. The lowest BCUT2D eigenvalue weighted by Gasteiger charge is -2.17. The van der Waals surface area contributed by atoms with Crippen LogP contribution >= 0.6 is 0 Å². The number of hydrogen-bond acceptors (Lipinski definition) is 3. The first-order chi connectivity index (χ1) is 8.49. The number of unbranched alkanes of at least 4 members (excludes halogenated alkanes) is 2. The molecule has 0 radical (unpaired) electrons. The van der Waals surface area contributed by atoms with Gasteiger partial charge in [0.05, 0.1) is 12.5 Å². The zero-order chi connectivity index (χ0) is 14.0. The Bertz CT molecular complexity index is 218. The standard InChI is InChI=1S/C14H30N2O2/c1-11(2)13(10-17)14(18)16-9-7-5-6-8-15-12(3)4/h11-13,15,17H,5-10H2,1-4H3,(H,16,18)/t13-/m0/s1. The Kier molecular flexibility index (Phi) is 9.98. The molecule has 0 bridgehead atoms. The lowest BCUT2D eigenvalue weighted by atomic mass is 9.96. The zero-order valence-electron chi connectivity index (χ0n) is 12.3. The number of nitrogens with one attached hydrogen (secondary N) is 2. The second-order valence-corrected chi connectivity index (χ2v) is 5.49. The quantitative estimate of drug-likeness (QED) is 0.521. The van der Waals surface area contributed by atoms with Crippen molar-refractivity contribution >= 4 is 5.91 Å². The summed E-state index contributed by atoms with van der Waals surface area (Å²) in [6, 6.07) is 0.543. The summed E-state index contributed by atoms with van der Waals surface area (Å²) < 4.78 is 0. The van der Waals surface area contributed by atoms with Gasteiger partial charge in [0, 0.05) is 12.6 Å². The summed E-state index contributed by atoms with van der Waals surface area (Å²) in [7, 11) is 0. The van der Waals surface area contributed by atoms with Gasteiger partial charge < -0.3 is 15.7 Å². The van der Waals surface area contributed by atoms with Crippen molar-refractivity contribution in [2.45, 2.75) is 53.0 Å². The number of aliphatic hydroxyl groups excluding tert-OH is 1. The third-order valence-electron chi connectivity index (χ3n) is 3.04. The van der Waals surface area contributed by atoms with Crippen LogP contribution in [0, 0.1) is 11.8 Å². The van der Waals surface area contributed by atoms with Crippen molar-refractivity contribution in [2.75, 3.05) is 19.7 Å². The van der Waals surface area contributed by atoms with Gasteiger partial charge in [0.2, 0.25) is 5.91 Å². The monoisotopic (exact) mass is 258 g/mol. The maximum absolute atomic E-state index is 11.7. The molecule has 0 rings (SSSR count). The molecule has 0 saturated carbocycles. The Hall–Kier alpha value is -0.610. The van der Waals surface area contributed by atoms with Crippen LogP contribution in [-0.2, 0) is 4.79 Å². The zero-order valence-corrected chi connectivity index (χ0v) is 12.3. The molecule has 0 aliphatic heterocycles. The largest absolute Gasteiger partial charge is 0.396 e. The van der Waals surface area contributed by atoms with Crippen LogP contribution in [0.5, 0.6) is 0 Å². The highest BCUT2D eigenvalue weighted by Crippen LogP contribution is 2.09. The number of carbonyl (C=O) groups is 1. The summed E-state index contributed by atoms with van der Waals surface area (Å²) >= 11 is 0. The summed E-state index contributed by atoms with van der Waals surface area (Å²) in [4.78, 5) is 11.7. The van der Waals surface area contributed by atoms with Gasteiger partial charge in [-0.25, -0.2) is 0 Å². The topological polar surface area (TPSA) is 61.4 Å². The fourth-order valence-electron chi connectivity index (χ4n) is 1.76. The third-order valence-corrected chi connectivity index (χ3v) is 3.04. The van der Waals surface area contributed by atoms with Crippen molar-refractivity contribution in [3.05, 3.63) is 0 Å². The lowest BCUT2D eigenvalue weighted by Crippen LogP contribution is -2.36. The summed E-state index contributed by atoms with van der Waals surface area (Å²) in [5.74, 6) is -0.106. The van der Waals surface area contributed by atoms with Crippen molar-refractivity contribution < 1.29 is 9.90 Å². The molecule has 0 aromatic carbocycles. The fraction of sp³-hybridized carbons (Fsp3) is 0.929. The molecule has 1 atom stereocenters. The molecule has 0 fully saturated rings. The van der Waals surface area contributed by atoms with Crippen molar-refractivity contribution in [1.29, 1.82) is 0 Å². The highest BCUT2D eigenvalue weighted by molar-refractivity contribution is 5.78. The van der Waals surface area contributed by atoms with Crippen molar-refractivity contribution in [3.63, 3.8) is 0 Å². The molecule has 0 unspecified atom stereocenters. The minimum atomic E-state index is -0.271. The number of hydrogen-bond donors (Lipinski definition) is 3. The Balaban J connectivity index is 3.51. The van der Waals surface area contributed by atoms with E-state index < -0.39 is 0 Å². The average molecular weight is 258 g/mol. The maximum Gasteiger partial charge on any atom is 0.225 e. The number of amides is 1. The Labute approximate surface area is 112 Å². The maximum atomic E-state index is 11.7. The van der Waals surface area contributed by atoms with E-state index in [-0.39, 0.29) is 24.3 Å². The van der Waals surface area contributed by atoms with E-state index in [1.54, 1.807) is 0 Å². The van der Waals surface area contributed by atoms with Gasteiger partial charge in [-0.15, -0.1) is 0 Å². The van der Waals surface area contributed by atoms with Gasteiger partial charge in [0.1, 0.15) is 0 Å². The van der Waals surface area contributed by atoms with Crippen LogP contribution in [-0.4, -0.2) is 36.8 Å². The molecule has 4 nitrogen and oxygen atoms in total. The summed E-state index contributed by atoms with van der Waals surface area (Å²) in [6.45, 7) is 9.88. The second-order valence-electron chi connectivity index (χ2n) is 5.49. The normalized spacial score (nSPS) is 13.1. The second kappa shape index (κ2) is 10.3. The highest BCUT2D eigenvalue weighted by atomic mass is 16.3. The molecule has 4 heteroatoms. The molecule has 0 aliphatic rings. The first-order valence-electron chi connectivity index (χ1n) is 7.11. The van der Waals surface area contributed by atoms with Crippen LogP contribution < -0.4 is 10.6 Å². The van der Waals surface area contributed by atoms with Crippen molar-refractivity contribution in [3.8, 4) is 0 Å². The van der Waals surface area contributed by atoms with Gasteiger partial charge in [0.25, 0.3) is 0 Å². The van der Waals surface area contributed by atoms with Gasteiger partial charge in [0.15, 0.2) is 0 Å². The van der Waals surface area contributed by atoms with E-state index in [0.717, 1.165) is 25.8 Å². The molecule has 0 aliphatic carbocycles. The van der Waals surface area contributed by atoms with Gasteiger partial charge in [-0.3, -0.25) is 4.79 Å². The van der Waals surface area contributed by atoms with Gasteiger partial charge in [-0.1, -0.05) is 34.1 Å². The highest BCUT2D eigenvalue weighted by Gasteiger charge is 2.20. The number of carbonyl (C=O) groups excluding carboxylic acids is 1. The van der Waals surface area contributed by atoms with Crippen LogP contribution in [0.25, 0.3) is 0 Å². The van der Waals surface area contributed by atoms with E-state index in [1.807, 2.05) is 13.8 Å². The minimum Gasteiger partial charge on any atom is -0.396 e. The number of rotatable bonds is 10. The van der Waals surface area contributed by atoms with E-state index in [2.05, 4.69) is 24.5 Å². The summed E-state index contributed by atoms with van der Waals surface area (Å²) in [6.07, 6.45) is 3.26. The molecule has 18 heavy (non-hydrogen) atoms. The van der Waals surface area contributed by atoms with E-state index >= 15 is 0 Å². The number of aliphatic hydroxyl groups is 1. The SMILES string of the molecule is CC(C)NCCCCCNC(=O)[C@@H](CO)C(C)C. The molecule has 3 N–H and O–H groups in total. The molecule has 0 aromatic rings. The molecular weight excluding hydrogens is 228 g/mol. The van der Waals surface area contributed by atoms with E-state index in [9.17, 15) is 4.79 Å². The van der Waals surface area contributed by atoms with Crippen LogP contribution in [0.15, 0.2) is 0 Å². The molecule has 0 aromatic heterocycles. The van der Waals surface area contributed by atoms with Gasteiger partial charge in [-0.05, 0) is 25.3 Å². The summed E-state index contributed by atoms with van der Waals surface area (Å²) in [5, 5.41) is 15.4. The van der Waals surface area contributed by atoms with Crippen LogP contribution in [0.1, 0.15) is 47.0 Å². The van der Waals surface area contributed by atoms with Gasteiger partial charge in [-0.2, -0.15) is 0 Å². The fourth-order valence-corrected chi connectivity index (χ4v) is 1.76. The first kappa shape index (κ1) is 17.4. The Morgan fingerprint density at radius 3 is 2.17 bits per heavy atom. The molecule has 0 saturated heterocycles. The average Bonchev–Trinajstić information content (AvgIpc) is 2.27. The van der Waals surface area contributed by atoms with Crippen LogP contribution in [0.2, 0.25) is 0 Å². The minimum absolute atomic E-state index is 0.0206. The smallest absolute Gasteiger partial charge is 0.225 e. The summed E-state index contributed by atoms with van der Waals surface area (Å²) in [5.41, 5.74) is 0. The van der Waals surface area contributed by atoms with Crippen LogP contribution in [0.4, 0.5) is 0 Å². The van der Waals surface area contributed by atoms with E-state index in [4.69, 9.17) is 5.11 Å². The molecule has 108 valence electrons. The van der Waals surface area contributed by atoms with Crippen molar-refractivity contribution in [2.24, 2.45) is 11.8 Å². The van der Waals surface area contributed by atoms with E-state index in [0.29, 0.717) is 12.6 Å². The lowest BCUT2D eigenvalue weighted by molar-refractivity contribution is -0.127. The Morgan fingerprint density at radius 1 is 1.06 bits per heavy atom.